The Kier molecular flexibility index (Phi) is 6.43. The fraction of sp³-hybridized carbons (Fsp3) is 0.0667. The average molecular weight is 465 g/mol. The predicted molar refractivity (Wildman–Crippen MR) is 104 cm³/mol. The molecule has 7 heteroatoms. The lowest BCUT2D eigenvalue weighted by molar-refractivity contribution is -0.110. The van der Waals surface area contributed by atoms with E-state index in [4.69, 9.17) is 35.4 Å². The molecular formula is C15H11Cl2IN2OS. The average Bonchev–Trinajstić information content (AvgIpc) is 2.46. The number of amides is 1. The van der Waals surface area contributed by atoms with Crippen molar-refractivity contribution in [3.63, 3.8) is 0 Å². The van der Waals surface area contributed by atoms with Crippen LogP contribution in [0.3, 0.4) is 0 Å². The first-order chi connectivity index (χ1) is 10.4. The first-order valence-electron chi connectivity index (χ1n) is 6.24. The van der Waals surface area contributed by atoms with Crippen LogP contribution < -0.4 is 10.6 Å². The van der Waals surface area contributed by atoms with Crippen LogP contribution in [-0.4, -0.2) is 10.9 Å². The third-order valence-corrected chi connectivity index (χ3v) is 4.17. The highest BCUT2D eigenvalue weighted by Crippen LogP contribution is 2.19. The van der Waals surface area contributed by atoms with Gasteiger partial charge >= 0.3 is 0 Å². The fourth-order valence-corrected chi connectivity index (χ4v) is 2.75. The van der Waals surface area contributed by atoms with E-state index in [1.807, 2.05) is 24.3 Å². The van der Waals surface area contributed by atoms with Gasteiger partial charge in [-0.15, -0.1) is 0 Å². The normalized spacial score (nSPS) is 10.1. The third kappa shape index (κ3) is 5.39. The molecule has 0 saturated heterocycles. The van der Waals surface area contributed by atoms with Gasteiger partial charge in [-0.2, -0.15) is 0 Å². The van der Waals surface area contributed by atoms with Gasteiger partial charge in [0.2, 0.25) is 0 Å². The number of halogens is 3. The molecule has 0 atom stereocenters. The Bertz CT molecular complexity index is 687. The van der Waals surface area contributed by atoms with Gasteiger partial charge in [-0.3, -0.25) is 4.79 Å². The Morgan fingerprint density at radius 2 is 1.68 bits per heavy atom. The zero-order valence-corrected chi connectivity index (χ0v) is 15.7. The molecule has 0 aliphatic rings. The molecule has 114 valence electrons. The van der Waals surface area contributed by atoms with E-state index in [1.165, 1.54) is 0 Å². The maximum atomic E-state index is 12.0. The van der Waals surface area contributed by atoms with Gasteiger partial charge in [0.1, 0.15) is 0 Å². The van der Waals surface area contributed by atoms with E-state index in [0.29, 0.717) is 22.3 Å². The Balaban J connectivity index is 1.91. The molecule has 22 heavy (non-hydrogen) atoms. The van der Waals surface area contributed by atoms with Crippen molar-refractivity contribution in [2.75, 3.05) is 5.32 Å². The van der Waals surface area contributed by atoms with Crippen LogP contribution in [0.5, 0.6) is 0 Å². The largest absolute Gasteiger partial charge is 0.368 e. The lowest BCUT2D eigenvalue weighted by Crippen LogP contribution is -2.33. The summed E-state index contributed by atoms with van der Waals surface area (Å²) in [4.78, 5) is 12.1. The zero-order chi connectivity index (χ0) is 16.1. The summed E-state index contributed by atoms with van der Waals surface area (Å²) in [6, 6.07) is 12.6. The number of rotatable bonds is 3. The highest BCUT2D eigenvalue weighted by atomic mass is 127. The first-order valence-corrected chi connectivity index (χ1v) is 8.48. The summed E-state index contributed by atoms with van der Waals surface area (Å²) in [7, 11) is 0. The number of anilines is 1. The summed E-state index contributed by atoms with van der Waals surface area (Å²) < 4.78 is 1.09. The lowest BCUT2D eigenvalue weighted by Gasteiger charge is -2.09. The zero-order valence-electron chi connectivity index (χ0n) is 11.2. The standard InChI is InChI=1S/C15H11Cl2IN2OS/c16-10-5-9(6-11(17)7-10)8-19-15(22)14(21)20-13-3-1-12(18)2-4-13/h1-7H,8H2,(H,19,22)(H,20,21). The van der Waals surface area contributed by atoms with Gasteiger partial charge in [0.25, 0.3) is 5.91 Å². The van der Waals surface area contributed by atoms with E-state index >= 15 is 0 Å². The van der Waals surface area contributed by atoms with Crippen LogP contribution >= 0.6 is 58.0 Å². The molecule has 0 saturated carbocycles. The molecule has 0 bridgehead atoms. The molecule has 2 aromatic rings. The van der Waals surface area contributed by atoms with Crippen molar-refractivity contribution in [2.45, 2.75) is 6.54 Å². The summed E-state index contributed by atoms with van der Waals surface area (Å²) in [5.41, 5.74) is 1.54. The second-order valence-corrected chi connectivity index (χ2v) is 6.95. The van der Waals surface area contributed by atoms with E-state index in [-0.39, 0.29) is 10.9 Å². The second-order valence-electron chi connectivity index (χ2n) is 4.42. The Labute approximate surface area is 157 Å². The summed E-state index contributed by atoms with van der Waals surface area (Å²) in [6.45, 7) is 0.374. The minimum absolute atomic E-state index is 0.106. The van der Waals surface area contributed by atoms with Crippen molar-refractivity contribution in [3.05, 3.63) is 61.6 Å². The number of benzene rings is 2. The minimum atomic E-state index is -0.357. The maximum absolute atomic E-state index is 12.0. The summed E-state index contributed by atoms with van der Waals surface area (Å²) in [5, 5.41) is 6.70. The van der Waals surface area contributed by atoms with Gasteiger partial charge in [0, 0.05) is 25.8 Å². The van der Waals surface area contributed by atoms with E-state index < -0.39 is 0 Å². The van der Waals surface area contributed by atoms with Gasteiger partial charge in [0.15, 0.2) is 4.99 Å². The van der Waals surface area contributed by atoms with Crippen molar-refractivity contribution in [3.8, 4) is 0 Å². The molecule has 0 aliphatic carbocycles. The minimum Gasteiger partial charge on any atom is -0.368 e. The molecule has 0 fully saturated rings. The molecule has 0 radical (unpaired) electrons. The SMILES string of the molecule is O=C(Nc1ccc(I)cc1)C(=S)NCc1cc(Cl)cc(Cl)c1. The van der Waals surface area contributed by atoms with Crippen molar-refractivity contribution in [1.29, 1.82) is 0 Å². The van der Waals surface area contributed by atoms with E-state index in [2.05, 4.69) is 33.2 Å². The van der Waals surface area contributed by atoms with Gasteiger partial charge in [-0.1, -0.05) is 35.4 Å². The Morgan fingerprint density at radius 3 is 2.27 bits per heavy atom. The molecule has 0 heterocycles. The molecule has 0 aliphatic heterocycles. The summed E-state index contributed by atoms with van der Waals surface area (Å²) in [6.07, 6.45) is 0. The van der Waals surface area contributed by atoms with E-state index in [9.17, 15) is 4.79 Å². The predicted octanol–water partition coefficient (Wildman–Crippen LogP) is 4.65. The van der Waals surface area contributed by atoms with Gasteiger partial charge in [-0.05, 0) is 70.6 Å². The molecule has 1 amide bonds. The number of carbonyl (C=O) groups excluding carboxylic acids is 1. The fourth-order valence-electron chi connectivity index (χ4n) is 1.70. The van der Waals surface area contributed by atoms with Crippen LogP contribution in [0.25, 0.3) is 0 Å². The first kappa shape index (κ1) is 17.5. The number of thiocarbonyl (C=S) groups is 1. The molecule has 0 spiro atoms. The summed E-state index contributed by atoms with van der Waals surface area (Å²) >= 11 is 19.1. The molecule has 2 aromatic carbocycles. The lowest BCUT2D eigenvalue weighted by atomic mass is 10.2. The quantitative estimate of drug-likeness (QED) is 0.513. The molecule has 0 aromatic heterocycles. The molecular weight excluding hydrogens is 454 g/mol. The monoisotopic (exact) mass is 464 g/mol. The van der Waals surface area contributed by atoms with Crippen LogP contribution in [0.4, 0.5) is 5.69 Å². The topological polar surface area (TPSA) is 41.1 Å². The van der Waals surface area contributed by atoms with Crippen molar-refractivity contribution >= 4 is 74.6 Å². The van der Waals surface area contributed by atoms with E-state index in [0.717, 1.165) is 9.13 Å². The highest BCUT2D eigenvalue weighted by Gasteiger charge is 2.09. The Hall–Kier alpha value is -0.890. The van der Waals surface area contributed by atoms with Crippen molar-refractivity contribution < 1.29 is 4.79 Å². The molecule has 2 rings (SSSR count). The van der Waals surface area contributed by atoms with Crippen LogP contribution in [0.1, 0.15) is 5.56 Å². The van der Waals surface area contributed by atoms with Gasteiger partial charge in [-0.25, -0.2) is 0 Å². The second kappa shape index (κ2) is 8.10. The van der Waals surface area contributed by atoms with Gasteiger partial charge < -0.3 is 10.6 Å². The number of hydrogen-bond acceptors (Lipinski definition) is 2. The number of hydrogen-bond donors (Lipinski definition) is 2. The van der Waals surface area contributed by atoms with Crippen LogP contribution in [0, 0.1) is 3.57 Å². The van der Waals surface area contributed by atoms with Crippen LogP contribution in [-0.2, 0) is 11.3 Å². The molecule has 2 N–H and O–H groups in total. The van der Waals surface area contributed by atoms with Crippen molar-refractivity contribution in [1.82, 2.24) is 5.32 Å². The van der Waals surface area contributed by atoms with Crippen molar-refractivity contribution in [2.24, 2.45) is 0 Å². The number of carbonyl (C=O) groups is 1. The Morgan fingerprint density at radius 1 is 1.09 bits per heavy atom. The van der Waals surface area contributed by atoms with Gasteiger partial charge in [0.05, 0.1) is 0 Å². The smallest absolute Gasteiger partial charge is 0.283 e. The highest BCUT2D eigenvalue weighted by molar-refractivity contribution is 14.1. The molecule has 0 unspecified atom stereocenters. The molecule has 3 nitrogen and oxygen atoms in total. The van der Waals surface area contributed by atoms with Crippen LogP contribution in [0.2, 0.25) is 10.0 Å². The van der Waals surface area contributed by atoms with Crippen LogP contribution in [0.15, 0.2) is 42.5 Å². The third-order valence-electron chi connectivity index (χ3n) is 2.68. The maximum Gasteiger partial charge on any atom is 0.283 e. The summed E-state index contributed by atoms with van der Waals surface area (Å²) in [5.74, 6) is -0.357. The van der Waals surface area contributed by atoms with E-state index in [1.54, 1.807) is 18.2 Å². The number of nitrogens with one attached hydrogen (secondary N) is 2.